The summed E-state index contributed by atoms with van der Waals surface area (Å²) < 4.78 is 18.0. The fraction of sp³-hybridized carbons (Fsp3) is 0.692. The number of hydrogen-bond acceptors (Lipinski definition) is 5. The highest BCUT2D eigenvalue weighted by atomic mass is 28.4. The van der Waals surface area contributed by atoms with Crippen molar-refractivity contribution in [1.29, 1.82) is 0 Å². The first-order valence-electron chi connectivity index (χ1n) is 12.8. The third kappa shape index (κ3) is 8.16. The highest BCUT2D eigenvalue weighted by Gasteiger charge is 2.34. The number of esters is 1. The molecular weight excluding hydrogens is 448 g/mol. The number of hydrogen-bond donors (Lipinski definition) is 0. The van der Waals surface area contributed by atoms with Crippen molar-refractivity contribution in [3.05, 3.63) is 35.4 Å². The molecule has 2 aliphatic rings. The molecule has 33 heavy (non-hydrogen) atoms. The molecule has 0 spiro atoms. The van der Waals surface area contributed by atoms with E-state index in [1.807, 2.05) is 0 Å². The van der Waals surface area contributed by atoms with Crippen LogP contribution in [0.4, 0.5) is 0 Å². The van der Waals surface area contributed by atoms with Gasteiger partial charge in [-0.05, 0) is 88.9 Å². The number of ether oxygens (including phenoxy) is 1. The van der Waals surface area contributed by atoms with Crippen molar-refractivity contribution < 1.29 is 23.2 Å². The van der Waals surface area contributed by atoms with E-state index in [1.54, 1.807) is 24.3 Å². The summed E-state index contributed by atoms with van der Waals surface area (Å²) in [7, 11) is -3.32. The Labute approximate surface area is 201 Å². The Morgan fingerprint density at radius 2 is 1.52 bits per heavy atom. The molecule has 1 aromatic rings. The first-order chi connectivity index (χ1) is 15.7. The van der Waals surface area contributed by atoms with E-state index >= 15 is 0 Å². The van der Waals surface area contributed by atoms with E-state index < -0.39 is 16.6 Å². The molecule has 0 aromatic heterocycles. The summed E-state index contributed by atoms with van der Waals surface area (Å²) in [6, 6.07) is 11.4. The lowest BCUT2D eigenvalue weighted by atomic mass is 10.0. The van der Waals surface area contributed by atoms with Crippen LogP contribution < -0.4 is 0 Å². The third-order valence-corrected chi connectivity index (χ3v) is 14.8. The zero-order chi connectivity index (χ0) is 23.9. The van der Waals surface area contributed by atoms with Crippen molar-refractivity contribution >= 4 is 28.4 Å². The van der Waals surface area contributed by atoms with Gasteiger partial charge in [0, 0.05) is 24.2 Å². The molecule has 1 aromatic carbocycles. The Morgan fingerprint density at radius 3 is 2.12 bits per heavy atom. The molecule has 0 aliphatic carbocycles. The minimum atomic E-state index is -1.67. The molecule has 5 nitrogen and oxygen atoms in total. The summed E-state index contributed by atoms with van der Waals surface area (Å²) in [6.07, 6.45) is 7.71. The Kier molecular flexibility index (Phi) is 9.50. The van der Waals surface area contributed by atoms with Gasteiger partial charge in [0.1, 0.15) is 0 Å². The Morgan fingerprint density at radius 1 is 0.939 bits per heavy atom. The summed E-state index contributed by atoms with van der Waals surface area (Å²) in [5, 5.41) is 0. The van der Waals surface area contributed by atoms with Crippen LogP contribution in [0.2, 0.25) is 37.3 Å². The van der Waals surface area contributed by atoms with Crippen LogP contribution in [-0.4, -0.2) is 47.2 Å². The number of benzene rings is 1. The lowest BCUT2D eigenvalue weighted by Gasteiger charge is -2.35. The minimum absolute atomic E-state index is 0.0913. The SMILES string of the molecule is CC1CCC[Si](C)(CCCOC(=O)c2cccc(C(=O)CCC[Si]3(C)CCCC(C)O3)c2)O1. The van der Waals surface area contributed by atoms with Gasteiger partial charge in [-0.3, -0.25) is 4.79 Å². The van der Waals surface area contributed by atoms with Crippen LogP contribution in [-0.2, 0) is 13.6 Å². The number of carbonyl (C=O) groups excluding carboxylic acids is 2. The summed E-state index contributed by atoms with van der Waals surface area (Å²) in [5.41, 5.74) is 1.05. The van der Waals surface area contributed by atoms with Gasteiger partial charge in [0.2, 0.25) is 0 Å². The van der Waals surface area contributed by atoms with Gasteiger partial charge in [0.15, 0.2) is 22.4 Å². The Balaban J connectivity index is 1.42. The van der Waals surface area contributed by atoms with Gasteiger partial charge < -0.3 is 13.6 Å². The quantitative estimate of drug-likeness (QED) is 0.157. The molecule has 0 radical (unpaired) electrons. The molecule has 4 unspecified atom stereocenters. The molecule has 2 aliphatic heterocycles. The molecule has 2 fully saturated rings. The third-order valence-electron chi connectivity index (χ3n) is 7.22. The summed E-state index contributed by atoms with van der Waals surface area (Å²) in [6.45, 7) is 9.31. The summed E-state index contributed by atoms with van der Waals surface area (Å²) in [4.78, 5) is 25.3. The van der Waals surface area contributed by atoms with E-state index in [0.29, 0.717) is 36.4 Å². The first kappa shape index (κ1) is 26.3. The van der Waals surface area contributed by atoms with Gasteiger partial charge in [-0.15, -0.1) is 0 Å². The van der Waals surface area contributed by atoms with E-state index in [4.69, 9.17) is 13.6 Å². The second kappa shape index (κ2) is 11.9. The van der Waals surface area contributed by atoms with Gasteiger partial charge >= 0.3 is 5.97 Å². The predicted molar refractivity (Wildman–Crippen MR) is 137 cm³/mol. The molecule has 0 amide bonds. The zero-order valence-electron chi connectivity index (χ0n) is 21.0. The van der Waals surface area contributed by atoms with Crippen molar-refractivity contribution in [2.45, 2.75) is 108 Å². The Bertz CT molecular complexity index is 816. The molecule has 0 saturated carbocycles. The van der Waals surface area contributed by atoms with E-state index in [9.17, 15) is 9.59 Å². The van der Waals surface area contributed by atoms with Crippen molar-refractivity contribution in [3.63, 3.8) is 0 Å². The van der Waals surface area contributed by atoms with E-state index in [2.05, 4.69) is 26.9 Å². The van der Waals surface area contributed by atoms with Crippen molar-refractivity contribution in [2.75, 3.05) is 6.61 Å². The second-order valence-electron chi connectivity index (χ2n) is 10.6. The topological polar surface area (TPSA) is 61.8 Å². The number of Topliss-reactive ketones (excluding diaryl/α,β-unsaturated/α-hetero) is 1. The first-order valence-corrected chi connectivity index (χ1v) is 18.5. The van der Waals surface area contributed by atoms with Crippen LogP contribution in [0, 0.1) is 0 Å². The predicted octanol–water partition coefficient (Wildman–Crippen LogP) is 6.74. The van der Waals surface area contributed by atoms with Crippen LogP contribution in [0.25, 0.3) is 0 Å². The maximum Gasteiger partial charge on any atom is 0.338 e. The number of carbonyl (C=O) groups is 2. The molecule has 2 saturated heterocycles. The average Bonchev–Trinajstić information content (AvgIpc) is 2.76. The summed E-state index contributed by atoms with van der Waals surface area (Å²) >= 11 is 0. The van der Waals surface area contributed by atoms with E-state index in [1.165, 1.54) is 24.9 Å². The smallest absolute Gasteiger partial charge is 0.338 e. The number of rotatable bonds is 10. The molecule has 0 N–H and O–H groups in total. The molecular formula is C26H42O5Si2. The zero-order valence-corrected chi connectivity index (χ0v) is 23.0. The summed E-state index contributed by atoms with van der Waals surface area (Å²) in [5.74, 6) is -0.257. The van der Waals surface area contributed by atoms with Crippen molar-refractivity contribution in [1.82, 2.24) is 0 Å². The van der Waals surface area contributed by atoms with Crippen molar-refractivity contribution in [3.8, 4) is 0 Å². The van der Waals surface area contributed by atoms with Gasteiger partial charge in [-0.25, -0.2) is 4.79 Å². The van der Waals surface area contributed by atoms with Gasteiger partial charge in [0.25, 0.3) is 0 Å². The van der Waals surface area contributed by atoms with E-state index in [-0.39, 0.29) is 11.8 Å². The number of ketones is 1. The molecule has 184 valence electrons. The van der Waals surface area contributed by atoms with Crippen LogP contribution in [0.5, 0.6) is 0 Å². The fourth-order valence-corrected chi connectivity index (χ4v) is 12.3. The fourth-order valence-electron chi connectivity index (χ4n) is 5.38. The lowest BCUT2D eigenvalue weighted by molar-refractivity contribution is 0.0502. The van der Waals surface area contributed by atoms with E-state index in [0.717, 1.165) is 37.8 Å². The van der Waals surface area contributed by atoms with Gasteiger partial charge in [-0.1, -0.05) is 25.0 Å². The average molecular weight is 491 g/mol. The largest absolute Gasteiger partial charge is 0.462 e. The molecule has 0 bridgehead atoms. The lowest BCUT2D eigenvalue weighted by Crippen LogP contribution is -2.41. The maximum absolute atomic E-state index is 12.7. The standard InChI is InChI=1S/C26H42O5Si2/c1-21-10-6-16-32(3,30-21)18-8-14-25(27)23-12-5-13-24(20-23)26(28)29-15-9-19-33(4)17-7-11-22(2)31-33/h5,12-13,20-22H,6-11,14-19H2,1-4H3. The molecule has 4 atom stereocenters. The highest BCUT2D eigenvalue weighted by Crippen LogP contribution is 2.31. The van der Waals surface area contributed by atoms with Crippen LogP contribution in [0.3, 0.4) is 0 Å². The highest BCUT2D eigenvalue weighted by molar-refractivity contribution is 6.73. The normalized spacial score (nSPS) is 30.1. The second-order valence-corrected chi connectivity index (χ2v) is 18.9. The molecule has 7 heteroatoms. The van der Waals surface area contributed by atoms with Gasteiger partial charge in [-0.2, -0.15) is 0 Å². The Hall–Kier alpha value is -1.29. The van der Waals surface area contributed by atoms with Gasteiger partial charge in [0.05, 0.1) is 12.2 Å². The van der Waals surface area contributed by atoms with Crippen molar-refractivity contribution in [2.24, 2.45) is 0 Å². The monoisotopic (exact) mass is 490 g/mol. The van der Waals surface area contributed by atoms with Crippen LogP contribution in [0.1, 0.15) is 79.5 Å². The van der Waals surface area contributed by atoms with Crippen LogP contribution >= 0.6 is 0 Å². The molecule has 3 rings (SSSR count). The minimum Gasteiger partial charge on any atom is -0.462 e. The van der Waals surface area contributed by atoms with Crippen LogP contribution in [0.15, 0.2) is 24.3 Å². The molecule has 2 heterocycles. The maximum atomic E-state index is 12.7.